The summed E-state index contributed by atoms with van der Waals surface area (Å²) in [5, 5.41) is 0. The van der Waals surface area contributed by atoms with Crippen LogP contribution in [0.4, 0.5) is 11.4 Å². The van der Waals surface area contributed by atoms with Crippen molar-refractivity contribution in [1.82, 2.24) is 9.62 Å². The van der Waals surface area contributed by atoms with Crippen molar-refractivity contribution >= 4 is 21.4 Å². The number of nitrogens with two attached hydrogens (primary N) is 1. The van der Waals surface area contributed by atoms with Crippen molar-refractivity contribution in [3.05, 3.63) is 18.2 Å². The first kappa shape index (κ1) is 17.7. The second-order valence-electron chi connectivity index (χ2n) is 5.30. The minimum absolute atomic E-state index is 0.244. The Hall–Kier alpha value is -1.31. The van der Waals surface area contributed by atoms with Crippen LogP contribution in [-0.4, -0.2) is 54.1 Å². The standard InChI is InChI=1S/C14H26N4O2S/c1-5-16-21(19,20)12-7-8-13(15)14(11-12)18(4)10-6-9-17(2)3/h7-8,11,16H,5-6,9-10,15H2,1-4H3. The van der Waals surface area contributed by atoms with E-state index in [4.69, 9.17) is 5.73 Å². The monoisotopic (exact) mass is 314 g/mol. The third kappa shape index (κ3) is 5.18. The molecule has 0 aliphatic rings. The van der Waals surface area contributed by atoms with Crippen LogP contribution in [0.1, 0.15) is 13.3 Å². The highest BCUT2D eigenvalue weighted by atomic mass is 32.2. The average Bonchev–Trinajstić information content (AvgIpc) is 2.38. The number of nitrogen functional groups attached to an aromatic ring is 1. The van der Waals surface area contributed by atoms with Gasteiger partial charge in [-0.1, -0.05) is 6.92 Å². The van der Waals surface area contributed by atoms with Crippen LogP contribution in [-0.2, 0) is 10.0 Å². The van der Waals surface area contributed by atoms with Crippen molar-refractivity contribution in [3.63, 3.8) is 0 Å². The molecule has 0 bridgehead atoms. The summed E-state index contributed by atoms with van der Waals surface area (Å²) in [6.07, 6.45) is 0.979. The van der Waals surface area contributed by atoms with E-state index in [2.05, 4.69) is 9.62 Å². The van der Waals surface area contributed by atoms with Crippen LogP contribution in [0.5, 0.6) is 0 Å². The molecule has 0 aromatic heterocycles. The molecule has 1 aromatic rings. The van der Waals surface area contributed by atoms with Crippen molar-refractivity contribution in [3.8, 4) is 0 Å². The summed E-state index contributed by atoms with van der Waals surface area (Å²) in [5.74, 6) is 0. The molecular weight excluding hydrogens is 288 g/mol. The van der Waals surface area contributed by atoms with Gasteiger partial charge in [0.25, 0.3) is 0 Å². The number of nitrogens with zero attached hydrogens (tertiary/aromatic N) is 2. The molecule has 0 saturated carbocycles. The molecule has 0 saturated heterocycles. The Morgan fingerprint density at radius 2 is 1.86 bits per heavy atom. The molecule has 1 aromatic carbocycles. The highest BCUT2D eigenvalue weighted by Crippen LogP contribution is 2.25. The van der Waals surface area contributed by atoms with E-state index in [1.165, 1.54) is 6.07 Å². The van der Waals surface area contributed by atoms with Gasteiger partial charge in [0.1, 0.15) is 0 Å². The Kier molecular flexibility index (Phi) is 6.44. The Balaban J connectivity index is 2.92. The number of nitrogens with one attached hydrogen (secondary N) is 1. The van der Waals surface area contributed by atoms with Gasteiger partial charge >= 0.3 is 0 Å². The second kappa shape index (κ2) is 7.63. The molecular formula is C14H26N4O2S. The highest BCUT2D eigenvalue weighted by molar-refractivity contribution is 7.89. The Labute approximate surface area is 128 Å². The first-order valence-electron chi connectivity index (χ1n) is 7.03. The van der Waals surface area contributed by atoms with Crippen molar-refractivity contribution in [2.45, 2.75) is 18.2 Å². The van der Waals surface area contributed by atoms with E-state index in [1.807, 2.05) is 26.0 Å². The summed E-state index contributed by atoms with van der Waals surface area (Å²) in [5.41, 5.74) is 7.30. The zero-order valence-corrected chi connectivity index (χ0v) is 14.1. The molecule has 7 heteroatoms. The van der Waals surface area contributed by atoms with Gasteiger partial charge in [-0.05, 0) is 45.3 Å². The number of anilines is 2. The lowest BCUT2D eigenvalue weighted by Crippen LogP contribution is -2.26. The van der Waals surface area contributed by atoms with E-state index in [1.54, 1.807) is 19.1 Å². The van der Waals surface area contributed by atoms with E-state index < -0.39 is 10.0 Å². The van der Waals surface area contributed by atoms with Crippen molar-refractivity contribution in [2.24, 2.45) is 0 Å². The first-order chi connectivity index (χ1) is 9.77. The lowest BCUT2D eigenvalue weighted by molar-refractivity contribution is 0.401. The van der Waals surface area contributed by atoms with Crippen molar-refractivity contribution in [2.75, 3.05) is 51.4 Å². The average molecular weight is 314 g/mol. The molecule has 0 aliphatic heterocycles. The van der Waals surface area contributed by atoms with Gasteiger partial charge in [-0.25, -0.2) is 13.1 Å². The summed E-state index contributed by atoms with van der Waals surface area (Å²) in [7, 11) is 2.52. The molecule has 0 unspecified atom stereocenters. The van der Waals surface area contributed by atoms with E-state index in [9.17, 15) is 8.42 Å². The van der Waals surface area contributed by atoms with Crippen LogP contribution >= 0.6 is 0 Å². The fourth-order valence-corrected chi connectivity index (χ4v) is 3.10. The van der Waals surface area contributed by atoms with E-state index in [-0.39, 0.29) is 4.90 Å². The molecule has 3 N–H and O–H groups in total. The molecule has 1 rings (SSSR count). The van der Waals surface area contributed by atoms with Gasteiger partial charge in [0.2, 0.25) is 10.0 Å². The molecule has 0 heterocycles. The summed E-state index contributed by atoms with van der Waals surface area (Å²) in [6, 6.07) is 4.80. The van der Waals surface area contributed by atoms with E-state index >= 15 is 0 Å². The molecule has 0 aliphatic carbocycles. The number of hydrogen-bond acceptors (Lipinski definition) is 5. The number of sulfonamides is 1. The van der Waals surface area contributed by atoms with Crippen LogP contribution in [0.3, 0.4) is 0 Å². The van der Waals surface area contributed by atoms with Crippen molar-refractivity contribution in [1.29, 1.82) is 0 Å². The van der Waals surface area contributed by atoms with Gasteiger partial charge in [0, 0.05) is 20.1 Å². The lowest BCUT2D eigenvalue weighted by Gasteiger charge is -2.22. The Morgan fingerprint density at radius 3 is 2.43 bits per heavy atom. The SMILES string of the molecule is CCNS(=O)(=O)c1ccc(N)c(N(C)CCCN(C)C)c1. The summed E-state index contributed by atoms with van der Waals surface area (Å²) in [4.78, 5) is 4.35. The lowest BCUT2D eigenvalue weighted by atomic mass is 10.2. The number of hydrogen-bond donors (Lipinski definition) is 2. The number of rotatable bonds is 8. The number of benzene rings is 1. The van der Waals surface area contributed by atoms with Gasteiger partial charge in [0.15, 0.2) is 0 Å². The molecule has 21 heavy (non-hydrogen) atoms. The van der Waals surface area contributed by atoms with Crippen LogP contribution in [0, 0.1) is 0 Å². The summed E-state index contributed by atoms with van der Waals surface area (Å²) in [6.45, 7) is 3.90. The maximum absolute atomic E-state index is 12.0. The smallest absolute Gasteiger partial charge is 0.240 e. The highest BCUT2D eigenvalue weighted by Gasteiger charge is 2.15. The Bertz CT molecular complexity index is 558. The zero-order valence-electron chi connectivity index (χ0n) is 13.3. The molecule has 6 nitrogen and oxygen atoms in total. The molecule has 0 radical (unpaired) electrons. The quantitative estimate of drug-likeness (QED) is 0.699. The molecule has 0 fully saturated rings. The van der Waals surface area contributed by atoms with Crippen LogP contribution < -0.4 is 15.4 Å². The van der Waals surface area contributed by atoms with Gasteiger partial charge in [-0.15, -0.1) is 0 Å². The fraction of sp³-hybridized carbons (Fsp3) is 0.571. The van der Waals surface area contributed by atoms with Gasteiger partial charge in [0.05, 0.1) is 16.3 Å². The predicted molar refractivity (Wildman–Crippen MR) is 88.2 cm³/mol. The third-order valence-electron chi connectivity index (χ3n) is 3.16. The molecule has 0 atom stereocenters. The van der Waals surface area contributed by atoms with Crippen LogP contribution in [0.15, 0.2) is 23.1 Å². The van der Waals surface area contributed by atoms with E-state index in [0.29, 0.717) is 12.2 Å². The summed E-state index contributed by atoms with van der Waals surface area (Å²) < 4.78 is 26.6. The minimum Gasteiger partial charge on any atom is -0.397 e. The topological polar surface area (TPSA) is 78.7 Å². The van der Waals surface area contributed by atoms with E-state index in [0.717, 1.165) is 25.2 Å². The summed E-state index contributed by atoms with van der Waals surface area (Å²) >= 11 is 0. The van der Waals surface area contributed by atoms with Crippen molar-refractivity contribution < 1.29 is 8.42 Å². The zero-order chi connectivity index (χ0) is 16.0. The second-order valence-corrected chi connectivity index (χ2v) is 7.07. The van der Waals surface area contributed by atoms with Crippen LogP contribution in [0.25, 0.3) is 0 Å². The predicted octanol–water partition coefficient (Wildman–Crippen LogP) is 0.955. The largest absolute Gasteiger partial charge is 0.397 e. The van der Waals surface area contributed by atoms with Gasteiger partial charge in [-0.2, -0.15) is 0 Å². The van der Waals surface area contributed by atoms with Gasteiger partial charge < -0.3 is 15.5 Å². The maximum Gasteiger partial charge on any atom is 0.240 e. The minimum atomic E-state index is -3.46. The van der Waals surface area contributed by atoms with Crippen LogP contribution in [0.2, 0.25) is 0 Å². The maximum atomic E-state index is 12.0. The van der Waals surface area contributed by atoms with Gasteiger partial charge in [-0.3, -0.25) is 0 Å². The third-order valence-corrected chi connectivity index (χ3v) is 4.70. The fourth-order valence-electron chi connectivity index (χ4n) is 2.04. The molecule has 120 valence electrons. The first-order valence-corrected chi connectivity index (χ1v) is 8.51. The molecule has 0 spiro atoms. The Morgan fingerprint density at radius 1 is 1.19 bits per heavy atom. The normalized spacial score (nSPS) is 11.9. The molecule has 0 amide bonds.